The van der Waals surface area contributed by atoms with Gasteiger partial charge in [-0.2, -0.15) is 0 Å². The van der Waals surface area contributed by atoms with Crippen LogP contribution in [0.2, 0.25) is 0 Å². The summed E-state index contributed by atoms with van der Waals surface area (Å²) in [5.41, 5.74) is 0.402. The third kappa shape index (κ3) is 4.50. The molecule has 0 radical (unpaired) electrons. The van der Waals surface area contributed by atoms with Crippen molar-refractivity contribution in [3.63, 3.8) is 0 Å². The Morgan fingerprint density at radius 1 is 1.17 bits per heavy atom. The van der Waals surface area contributed by atoms with Crippen molar-refractivity contribution >= 4 is 17.6 Å². The molecule has 0 aliphatic rings. The first-order chi connectivity index (χ1) is 11.0. The van der Waals surface area contributed by atoms with E-state index < -0.39 is 11.9 Å². The largest absolute Gasteiger partial charge is 0.491 e. The van der Waals surface area contributed by atoms with Crippen LogP contribution < -0.4 is 10.1 Å². The van der Waals surface area contributed by atoms with Crippen LogP contribution in [-0.2, 0) is 0 Å². The van der Waals surface area contributed by atoms with Crippen molar-refractivity contribution in [2.24, 2.45) is 0 Å². The van der Waals surface area contributed by atoms with Crippen LogP contribution in [0.5, 0.6) is 5.75 Å². The molecule has 0 saturated heterocycles. The van der Waals surface area contributed by atoms with E-state index in [0.29, 0.717) is 5.69 Å². The number of hydrogen-bond donors (Lipinski definition) is 2. The lowest BCUT2D eigenvalue weighted by molar-refractivity contribution is 0.0689. The lowest BCUT2D eigenvalue weighted by Crippen LogP contribution is -2.15. The maximum atomic E-state index is 12.0. The predicted octanol–water partition coefficient (Wildman–Crippen LogP) is 2.60. The van der Waals surface area contributed by atoms with E-state index in [4.69, 9.17) is 9.84 Å². The maximum Gasteiger partial charge on any atom is 0.356 e. The molecule has 1 atom stereocenters. The molecule has 0 aliphatic carbocycles. The van der Waals surface area contributed by atoms with Crippen LogP contribution in [0.25, 0.3) is 0 Å². The molecule has 7 heteroatoms. The second-order valence-corrected chi connectivity index (χ2v) is 4.91. The number of hydrogen-bond acceptors (Lipinski definition) is 5. The van der Waals surface area contributed by atoms with Crippen LogP contribution >= 0.6 is 0 Å². The van der Waals surface area contributed by atoms with Gasteiger partial charge in [-0.1, -0.05) is 6.92 Å². The smallest absolute Gasteiger partial charge is 0.356 e. The molecular formula is C16H17N3O4. The average Bonchev–Trinajstić information content (AvgIpc) is 2.56. The zero-order valence-corrected chi connectivity index (χ0v) is 12.8. The molecule has 0 bridgehead atoms. The number of rotatable bonds is 6. The van der Waals surface area contributed by atoms with Gasteiger partial charge in [0.25, 0.3) is 5.91 Å². The minimum Gasteiger partial charge on any atom is -0.491 e. The Balaban J connectivity index is 2.01. The summed E-state index contributed by atoms with van der Waals surface area (Å²) < 4.78 is 5.65. The average molecular weight is 315 g/mol. The summed E-state index contributed by atoms with van der Waals surface area (Å²) in [6.45, 7) is 4.02. The number of anilines is 1. The number of aromatic nitrogens is 2. The van der Waals surface area contributed by atoms with E-state index in [0.717, 1.165) is 24.6 Å². The SMILES string of the molecule is CCC(C)Oc1ccc(NC(=O)c2cnc(C(=O)O)cn2)cc1. The Bertz CT molecular complexity index is 683. The molecule has 0 fully saturated rings. The van der Waals surface area contributed by atoms with Gasteiger partial charge in [-0.25, -0.2) is 14.8 Å². The van der Waals surface area contributed by atoms with Gasteiger partial charge in [0.15, 0.2) is 5.69 Å². The normalized spacial score (nSPS) is 11.6. The van der Waals surface area contributed by atoms with Gasteiger partial charge in [-0.3, -0.25) is 4.79 Å². The summed E-state index contributed by atoms with van der Waals surface area (Å²) in [7, 11) is 0. The number of aromatic carboxylic acids is 1. The first-order valence-electron chi connectivity index (χ1n) is 7.13. The number of amides is 1. The van der Waals surface area contributed by atoms with E-state index in [1.165, 1.54) is 0 Å². The Kier molecular flexibility index (Phi) is 5.24. The van der Waals surface area contributed by atoms with Crippen molar-refractivity contribution in [1.82, 2.24) is 9.97 Å². The highest BCUT2D eigenvalue weighted by atomic mass is 16.5. The van der Waals surface area contributed by atoms with E-state index >= 15 is 0 Å². The lowest BCUT2D eigenvalue weighted by atomic mass is 10.2. The Morgan fingerprint density at radius 3 is 2.30 bits per heavy atom. The van der Waals surface area contributed by atoms with E-state index in [2.05, 4.69) is 15.3 Å². The van der Waals surface area contributed by atoms with E-state index in [1.807, 2.05) is 13.8 Å². The Morgan fingerprint density at radius 2 is 1.78 bits per heavy atom. The summed E-state index contributed by atoms with van der Waals surface area (Å²) >= 11 is 0. The van der Waals surface area contributed by atoms with Gasteiger partial charge in [0.2, 0.25) is 0 Å². The molecule has 0 spiro atoms. The molecular weight excluding hydrogens is 298 g/mol. The van der Waals surface area contributed by atoms with Crippen molar-refractivity contribution < 1.29 is 19.4 Å². The van der Waals surface area contributed by atoms with Gasteiger partial charge in [-0.05, 0) is 37.6 Å². The van der Waals surface area contributed by atoms with Crippen molar-refractivity contribution in [2.45, 2.75) is 26.4 Å². The fourth-order valence-electron chi connectivity index (χ4n) is 1.68. The van der Waals surface area contributed by atoms with Crippen LogP contribution in [0.4, 0.5) is 5.69 Å². The standard InChI is InChI=1S/C16H17N3O4/c1-3-10(2)23-12-6-4-11(5-7-12)19-15(20)13-8-18-14(9-17-13)16(21)22/h4-10H,3H2,1-2H3,(H,19,20)(H,21,22). The Labute approximate surface area is 133 Å². The summed E-state index contributed by atoms with van der Waals surface area (Å²) in [4.78, 5) is 30.1. The van der Waals surface area contributed by atoms with Gasteiger partial charge in [0.1, 0.15) is 11.4 Å². The topological polar surface area (TPSA) is 101 Å². The number of carbonyl (C=O) groups excluding carboxylic acids is 1. The number of nitrogens with one attached hydrogen (secondary N) is 1. The summed E-state index contributed by atoms with van der Waals surface area (Å²) in [5, 5.41) is 11.4. The van der Waals surface area contributed by atoms with Crippen LogP contribution in [0.1, 0.15) is 41.2 Å². The van der Waals surface area contributed by atoms with Crippen molar-refractivity contribution in [1.29, 1.82) is 0 Å². The fraction of sp³-hybridized carbons (Fsp3) is 0.250. The van der Waals surface area contributed by atoms with Crippen molar-refractivity contribution in [3.8, 4) is 5.75 Å². The first kappa shape index (κ1) is 16.4. The quantitative estimate of drug-likeness (QED) is 0.849. The van der Waals surface area contributed by atoms with Crippen LogP contribution in [-0.4, -0.2) is 33.1 Å². The molecule has 1 aromatic heterocycles. The van der Waals surface area contributed by atoms with E-state index in [-0.39, 0.29) is 17.5 Å². The predicted molar refractivity (Wildman–Crippen MR) is 83.8 cm³/mol. The number of benzene rings is 1. The van der Waals surface area contributed by atoms with Crippen LogP contribution in [0.3, 0.4) is 0 Å². The number of carboxylic acid groups (broad SMARTS) is 1. The maximum absolute atomic E-state index is 12.0. The third-order valence-corrected chi connectivity index (χ3v) is 3.13. The monoisotopic (exact) mass is 315 g/mol. The summed E-state index contributed by atoms with van der Waals surface area (Å²) in [6.07, 6.45) is 3.20. The van der Waals surface area contributed by atoms with Gasteiger partial charge in [0.05, 0.1) is 18.5 Å². The number of carbonyl (C=O) groups is 2. The molecule has 2 N–H and O–H groups in total. The van der Waals surface area contributed by atoms with E-state index in [9.17, 15) is 9.59 Å². The third-order valence-electron chi connectivity index (χ3n) is 3.13. The molecule has 2 aromatic rings. The highest BCUT2D eigenvalue weighted by Gasteiger charge is 2.11. The lowest BCUT2D eigenvalue weighted by Gasteiger charge is -2.13. The second kappa shape index (κ2) is 7.35. The molecule has 1 amide bonds. The molecule has 1 heterocycles. The molecule has 7 nitrogen and oxygen atoms in total. The zero-order chi connectivity index (χ0) is 16.8. The summed E-state index contributed by atoms with van der Waals surface area (Å²) in [5.74, 6) is -0.936. The van der Waals surface area contributed by atoms with Crippen LogP contribution in [0.15, 0.2) is 36.7 Å². The molecule has 1 unspecified atom stereocenters. The minimum absolute atomic E-state index is 0.0370. The Hall–Kier alpha value is -2.96. The van der Waals surface area contributed by atoms with Crippen LogP contribution in [0, 0.1) is 0 Å². The van der Waals surface area contributed by atoms with Gasteiger partial charge >= 0.3 is 5.97 Å². The number of nitrogens with zero attached hydrogens (tertiary/aromatic N) is 2. The molecule has 0 saturated carbocycles. The molecule has 1 aromatic carbocycles. The molecule has 0 aliphatic heterocycles. The van der Waals surface area contributed by atoms with Gasteiger partial charge in [0, 0.05) is 5.69 Å². The minimum atomic E-state index is -1.19. The molecule has 120 valence electrons. The number of carboxylic acids is 1. The second-order valence-electron chi connectivity index (χ2n) is 4.91. The van der Waals surface area contributed by atoms with Gasteiger partial charge in [-0.15, -0.1) is 0 Å². The highest BCUT2D eigenvalue weighted by molar-refractivity contribution is 6.02. The van der Waals surface area contributed by atoms with Crippen molar-refractivity contribution in [3.05, 3.63) is 48.0 Å². The van der Waals surface area contributed by atoms with Gasteiger partial charge < -0.3 is 15.2 Å². The molecule has 2 rings (SSSR count). The highest BCUT2D eigenvalue weighted by Crippen LogP contribution is 2.18. The summed E-state index contributed by atoms with van der Waals surface area (Å²) in [6, 6.07) is 6.96. The van der Waals surface area contributed by atoms with E-state index in [1.54, 1.807) is 24.3 Å². The van der Waals surface area contributed by atoms with Crippen molar-refractivity contribution in [2.75, 3.05) is 5.32 Å². The molecule has 23 heavy (non-hydrogen) atoms. The fourth-order valence-corrected chi connectivity index (χ4v) is 1.68. The first-order valence-corrected chi connectivity index (χ1v) is 7.13. The number of ether oxygens (including phenoxy) is 1. The zero-order valence-electron chi connectivity index (χ0n) is 12.8.